The normalized spacial score (nSPS) is 13.2. The van der Waals surface area contributed by atoms with Gasteiger partial charge in [-0.3, -0.25) is 9.59 Å². The first kappa shape index (κ1) is 55.6. The molecule has 0 saturated carbocycles. The van der Waals surface area contributed by atoms with Gasteiger partial charge in [-0.25, -0.2) is 0 Å². The summed E-state index contributed by atoms with van der Waals surface area (Å²) in [5, 5.41) is 9.57. The summed E-state index contributed by atoms with van der Waals surface area (Å²) in [5.41, 5.74) is 0. The van der Waals surface area contributed by atoms with Gasteiger partial charge in [-0.15, -0.1) is 0 Å². The van der Waals surface area contributed by atoms with Crippen molar-refractivity contribution in [2.75, 3.05) is 13.2 Å². The number of aliphatic hydroxyl groups is 1. The Morgan fingerprint density at radius 3 is 1.10 bits per heavy atom. The molecule has 0 heterocycles. The predicted molar refractivity (Wildman–Crippen MR) is 255 cm³/mol. The second-order valence-electron chi connectivity index (χ2n) is 15.5. The highest BCUT2D eigenvalue weighted by Gasteiger charge is 2.16. The largest absolute Gasteiger partial charge is 0.462 e. The van der Waals surface area contributed by atoms with Gasteiger partial charge in [0, 0.05) is 12.8 Å². The fourth-order valence-corrected chi connectivity index (χ4v) is 6.25. The summed E-state index contributed by atoms with van der Waals surface area (Å²) in [7, 11) is 0. The van der Waals surface area contributed by atoms with Crippen LogP contribution in [0.15, 0.2) is 109 Å². The number of hydrogen-bond acceptors (Lipinski definition) is 5. The first-order chi connectivity index (χ1) is 29.1. The Kier molecular flexibility index (Phi) is 46.1. The van der Waals surface area contributed by atoms with Crippen LogP contribution in [0.25, 0.3) is 0 Å². The number of carbonyl (C=O) groups excluding carboxylic acids is 2. The zero-order chi connectivity index (χ0) is 42.8. The molecule has 0 aliphatic heterocycles. The van der Waals surface area contributed by atoms with Crippen molar-refractivity contribution >= 4 is 11.9 Å². The molecule has 0 spiro atoms. The number of rotatable bonds is 42. The molecule has 5 heteroatoms. The maximum absolute atomic E-state index is 12.2. The van der Waals surface area contributed by atoms with Crippen molar-refractivity contribution in [1.82, 2.24) is 0 Å². The third kappa shape index (κ3) is 47.1. The Morgan fingerprint density at radius 1 is 0.407 bits per heavy atom. The van der Waals surface area contributed by atoms with Crippen molar-refractivity contribution in [3.8, 4) is 0 Å². The summed E-state index contributed by atoms with van der Waals surface area (Å²) in [6, 6.07) is 0. The zero-order valence-corrected chi connectivity index (χ0v) is 38.0. The number of aliphatic hydroxyl groups excluding tert-OH is 1. The van der Waals surface area contributed by atoms with E-state index in [9.17, 15) is 14.7 Å². The van der Waals surface area contributed by atoms with Gasteiger partial charge in [0.25, 0.3) is 0 Å². The van der Waals surface area contributed by atoms with E-state index in [1.54, 1.807) is 0 Å². The van der Waals surface area contributed by atoms with E-state index in [4.69, 9.17) is 9.47 Å². The number of ether oxygens (including phenoxy) is 2. The van der Waals surface area contributed by atoms with Gasteiger partial charge in [0.15, 0.2) is 6.10 Å². The van der Waals surface area contributed by atoms with Gasteiger partial charge < -0.3 is 14.6 Å². The van der Waals surface area contributed by atoms with Crippen LogP contribution in [0.3, 0.4) is 0 Å². The minimum Gasteiger partial charge on any atom is -0.462 e. The molecule has 1 unspecified atom stereocenters. The van der Waals surface area contributed by atoms with Gasteiger partial charge in [0.1, 0.15) is 6.61 Å². The molecule has 0 aliphatic carbocycles. The lowest BCUT2D eigenvalue weighted by atomic mass is 10.1. The van der Waals surface area contributed by atoms with Crippen LogP contribution >= 0.6 is 0 Å². The van der Waals surface area contributed by atoms with Gasteiger partial charge in [-0.05, 0) is 83.5 Å². The number of hydrogen-bond donors (Lipinski definition) is 1. The maximum atomic E-state index is 12.2. The van der Waals surface area contributed by atoms with E-state index < -0.39 is 6.10 Å². The fourth-order valence-electron chi connectivity index (χ4n) is 6.25. The summed E-state index contributed by atoms with van der Waals surface area (Å²) < 4.78 is 10.6. The molecule has 1 atom stereocenters. The third-order valence-electron chi connectivity index (χ3n) is 9.83. The fraction of sp³-hybridized carbons (Fsp3) is 0.630. The highest BCUT2D eigenvalue weighted by atomic mass is 16.6. The number of carbonyl (C=O) groups is 2. The van der Waals surface area contributed by atoms with Gasteiger partial charge in [0.2, 0.25) is 0 Å². The zero-order valence-electron chi connectivity index (χ0n) is 38.0. The number of unbranched alkanes of at least 4 members (excludes halogenated alkanes) is 16. The summed E-state index contributed by atoms with van der Waals surface area (Å²) in [6.07, 6.45) is 70.4. The lowest BCUT2D eigenvalue weighted by molar-refractivity contribution is -0.161. The second kappa shape index (κ2) is 48.9. The molecule has 334 valence electrons. The molecule has 0 aromatic carbocycles. The van der Waals surface area contributed by atoms with Crippen LogP contribution in [0.4, 0.5) is 0 Å². The highest BCUT2D eigenvalue weighted by Crippen LogP contribution is 2.13. The third-order valence-corrected chi connectivity index (χ3v) is 9.83. The van der Waals surface area contributed by atoms with E-state index in [1.807, 2.05) is 0 Å². The van der Waals surface area contributed by atoms with Gasteiger partial charge in [-0.2, -0.15) is 0 Å². The Balaban J connectivity index is 3.62. The lowest BCUT2D eigenvalue weighted by Crippen LogP contribution is -2.28. The molecule has 0 amide bonds. The molecule has 5 nitrogen and oxygen atoms in total. The van der Waals surface area contributed by atoms with Crippen molar-refractivity contribution in [3.05, 3.63) is 109 Å². The molecule has 0 fully saturated rings. The van der Waals surface area contributed by atoms with Crippen LogP contribution < -0.4 is 0 Å². The Labute approximate surface area is 363 Å². The number of esters is 2. The van der Waals surface area contributed by atoms with Crippen LogP contribution in [0, 0.1) is 0 Å². The molecule has 0 saturated heterocycles. The van der Waals surface area contributed by atoms with Gasteiger partial charge in [-0.1, -0.05) is 213 Å². The maximum Gasteiger partial charge on any atom is 0.306 e. The SMILES string of the molecule is CC/C=C\C/C=C\C/C=C\C/C=C\C/C=C\C/C=C\C/C=C\C/C=C\C/C=C\CCCCCCCCCC(=O)OC(CO)COC(=O)CCCCCCCCCCCC. The van der Waals surface area contributed by atoms with E-state index in [0.29, 0.717) is 12.8 Å². The average molecular weight is 817 g/mol. The van der Waals surface area contributed by atoms with E-state index in [2.05, 4.69) is 123 Å². The summed E-state index contributed by atoms with van der Waals surface area (Å²) in [6.45, 7) is 3.99. The predicted octanol–water partition coefficient (Wildman–Crippen LogP) is 15.8. The minimum absolute atomic E-state index is 0.0742. The first-order valence-corrected chi connectivity index (χ1v) is 23.9. The average Bonchev–Trinajstić information content (AvgIpc) is 3.24. The van der Waals surface area contributed by atoms with E-state index in [1.165, 1.54) is 70.6 Å². The van der Waals surface area contributed by atoms with E-state index in [0.717, 1.165) is 103 Å². The molecule has 0 aromatic rings. The van der Waals surface area contributed by atoms with Crippen molar-refractivity contribution in [3.63, 3.8) is 0 Å². The van der Waals surface area contributed by atoms with Gasteiger partial charge >= 0.3 is 11.9 Å². The molecular weight excluding hydrogens is 729 g/mol. The van der Waals surface area contributed by atoms with Crippen LogP contribution in [0.1, 0.15) is 200 Å². The standard InChI is InChI=1S/C54H88O5/c1-3-5-7-9-11-13-15-16-17-18-19-20-21-22-23-24-25-26-27-28-29-30-31-32-33-34-35-36-37-38-39-41-43-45-47-49-54(57)59-52(50-55)51-58-53(56)48-46-44-42-40-14-12-10-8-6-4-2/h5,7,11,13,16-17,19-20,22-23,25-26,28-29,31-32,34-35,52,55H,3-4,6,8-10,12,14-15,18,21,24,27,30,33,36-51H2,1-2H3/b7-5-,13-11-,17-16-,20-19-,23-22-,26-25-,29-28-,32-31-,35-34-. The smallest absolute Gasteiger partial charge is 0.306 e. The lowest BCUT2D eigenvalue weighted by Gasteiger charge is -2.15. The van der Waals surface area contributed by atoms with Crippen molar-refractivity contribution in [2.24, 2.45) is 0 Å². The number of allylic oxidation sites excluding steroid dienone is 18. The Morgan fingerprint density at radius 2 is 0.729 bits per heavy atom. The minimum atomic E-state index is -0.781. The van der Waals surface area contributed by atoms with Crippen molar-refractivity contribution in [2.45, 2.75) is 206 Å². The Bertz CT molecular complexity index is 1200. The molecule has 59 heavy (non-hydrogen) atoms. The second-order valence-corrected chi connectivity index (χ2v) is 15.5. The molecule has 0 bridgehead atoms. The van der Waals surface area contributed by atoms with Crippen LogP contribution in [0.2, 0.25) is 0 Å². The van der Waals surface area contributed by atoms with E-state index in [-0.39, 0.29) is 25.2 Å². The van der Waals surface area contributed by atoms with E-state index >= 15 is 0 Å². The quantitative estimate of drug-likeness (QED) is 0.0377. The summed E-state index contributed by atoms with van der Waals surface area (Å²) in [5.74, 6) is -0.611. The topological polar surface area (TPSA) is 72.8 Å². The van der Waals surface area contributed by atoms with Crippen LogP contribution in [0.5, 0.6) is 0 Å². The van der Waals surface area contributed by atoms with Crippen LogP contribution in [-0.2, 0) is 19.1 Å². The first-order valence-electron chi connectivity index (χ1n) is 23.9. The summed E-state index contributed by atoms with van der Waals surface area (Å²) >= 11 is 0. The highest BCUT2D eigenvalue weighted by molar-refractivity contribution is 5.70. The molecule has 0 rings (SSSR count). The van der Waals surface area contributed by atoms with Crippen molar-refractivity contribution < 1.29 is 24.2 Å². The molecule has 0 aliphatic rings. The molecular formula is C54H88O5. The van der Waals surface area contributed by atoms with Crippen molar-refractivity contribution in [1.29, 1.82) is 0 Å². The summed E-state index contributed by atoms with van der Waals surface area (Å²) in [4.78, 5) is 24.3. The van der Waals surface area contributed by atoms with Crippen LogP contribution in [-0.4, -0.2) is 36.4 Å². The van der Waals surface area contributed by atoms with Gasteiger partial charge in [0.05, 0.1) is 6.61 Å². The monoisotopic (exact) mass is 817 g/mol. The Hall–Kier alpha value is -3.44. The molecule has 1 N–H and O–H groups in total. The molecule has 0 aromatic heterocycles. The molecule has 0 radical (unpaired) electrons.